The predicted molar refractivity (Wildman–Crippen MR) is 90.6 cm³/mol. The normalized spacial score (nSPS) is 17.2. The van der Waals surface area contributed by atoms with Gasteiger partial charge in [0.2, 0.25) is 5.91 Å². The van der Waals surface area contributed by atoms with E-state index in [2.05, 4.69) is 20.8 Å². The highest BCUT2D eigenvalue weighted by Gasteiger charge is 2.22. The molecule has 2 N–H and O–H groups in total. The van der Waals surface area contributed by atoms with Crippen LogP contribution >= 0.6 is 47.3 Å². The number of thioether (sulfide) groups is 1. The summed E-state index contributed by atoms with van der Waals surface area (Å²) in [4.78, 5) is 13.0. The maximum Gasteiger partial charge on any atom is 0.242 e. The lowest BCUT2D eigenvalue weighted by Gasteiger charge is -2.10. The van der Waals surface area contributed by atoms with Crippen LogP contribution in [-0.4, -0.2) is 33.8 Å². The number of nitrogens with one attached hydrogen (secondary N) is 2. The molecule has 3 rings (SSSR count). The number of carbonyl (C=O) groups is 1. The molecule has 1 fully saturated rings. The summed E-state index contributed by atoms with van der Waals surface area (Å²) in [5, 5.41) is 13.9. The van der Waals surface area contributed by atoms with Gasteiger partial charge >= 0.3 is 0 Å². The van der Waals surface area contributed by atoms with Crippen LogP contribution in [-0.2, 0) is 4.79 Å². The molecule has 0 spiro atoms. The van der Waals surface area contributed by atoms with Crippen molar-refractivity contribution in [2.45, 2.75) is 15.3 Å². The Labute approximate surface area is 141 Å². The van der Waals surface area contributed by atoms with Gasteiger partial charge in [0.15, 0.2) is 4.34 Å². The van der Waals surface area contributed by atoms with Gasteiger partial charge in [-0.15, -0.1) is 34.4 Å². The number of benzene rings is 1. The van der Waals surface area contributed by atoms with E-state index < -0.39 is 0 Å². The minimum atomic E-state index is -0.0876. The van der Waals surface area contributed by atoms with E-state index in [9.17, 15) is 4.79 Å². The van der Waals surface area contributed by atoms with Gasteiger partial charge in [-0.25, -0.2) is 0 Å². The van der Waals surface area contributed by atoms with E-state index >= 15 is 0 Å². The quantitative estimate of drug-likeness (QED) is 0.873. The van der Waals surface area contributed by atoms with Gasteiger partial charge < -0.3 is 5.32 Å². The van der Waals surface area contributed by atoms with E-state index in [1.165, 1.54) is 11.3 Å². The fourth-order valence-electron chi connectivity index (χ4n) is 1.71. The molecule has 1 amide bonds. The summed E-state index contributed by atoms with van der Waals surface area (Å²) in [6.07, 6.45) is 0. The van der Waals surface area contributed by atoms with Crippen LogP contribution in [0.5, 0.6) is 0 Å². The summed E-state index contributed by atoms with van der Waals surface area (Å²) in [5.74, 6) is 1.70. The van der Waals surface area contributed by atoms with Crippen LogP contribution in [0.4, 0.5) is 5.69 Å². The molecule has 0 radical (unpaired) electrons. The Bertz CT molecular complexity index is 573. The van der Waals surface area contributed by atoms with Crippen molar-refractivity contribution in [2.24, 2.45) is 0 Å². The minimum Gasteiger partial charge on any atom is -0.325 e. The third-order valence-corrected chi connectivity index (χ3v) is 5.43. The summed E-state index contributed by atoms with van der Waals surface area (Å²) >= 11 is 4.81. The van der Waals surface area contributed by atoms with Crippen LogP contribution in [0, 0.1) is 0 Å². The van der Waals surface area contributed by atoms with Gasteiger partial charge in [0.1, 0.15) is 5.51 Å². The summed E-state index contributed by atoms with van der Waals surface area (Å²) in [6.45, 7) is 0. The number of anilines is 1. The molecular formula is C12H13ClN4OS3. The first kappa shape index (κ1) is 16.6. The Balaban J connectivity index is 0.00000161. The van der Waals surface area contributed by atoms with Gasteiger partial charge in [-0.1, -0.05) is 23.1 Å². The number of rotatable bonds is 4. The molecule has 9 heteroatoms. The van der Waals surface area contributed by atoms with Crippen molar-refractivity contribution in [3.05, 3.63) is 29.8 Å². The van der Waals surface area contributed by atoms with E-state index in [-0.39, 0.29) is 24.4 Å². The van der Waals surface area contributed by atoms with Crippen molar-refractivity contribution in [2.75, 3.05) is 16.9 Å². The first-order chi connectivity index (χ1) is 9.81. The summed E-state index contributed by atoms with van der Waals surface area (Å²) < 4.78 is 0.911. The van der Waals surface area contributed by atoms with Crippen LogP contribution in [0.25, 0.3) is 0 Å². The highest BCUT2D eigenvalue weighted by molar-refractivity contribution is 8.01. The van der Waals surface area contributed by atoms with Gasteiger partial charge in [-0.3, -0.25) is 10.1 Å². The Morgan fingerprint density at radius 3 is 2.81 bits per heavy atom. The molecule has 1 aromatic heterocycles. The average molecular weight is 361 g/mol. The Morgan fingerprint density at radius 1 is 1.38 bits per heavy atom. The lowest BCUT2D eigenvalue weighted by Crippen LogP contribution is -2.37. The Kier molecular flexibility index (Phi) is 6.31. The first-order valence-electron chi connectivity index (χ1n) is 5.97. The number of halogens is 1. The molecule has 1 aliphatic heterocycles. The van der Waals surface area contributed by atoms with Gasteiger partial charge in [-0.05, 0) is 24.3 Å². The smallest absolute Gasteiger partial charge is 0.242 e. The second kappa shape index (κ2) is 8.00. The molecule has 0 bridgehead atoms. The van der Waals surface area contributed by atoms with Gasteiger partial charge in [0, 0.05) is 22.2 Å². The van der Waals surface area contributed by atoms with Crippen molar-refractivity contribution in [3.8, 4) is 0 Å². The lowest BCUT2D eigenvalue weighted by atomic mass is 10.2. The zero-order valence-electron chi connectivity index (χ0n) is 10.8. The monoisotopic (exact) mass is 360 g/mol. The summed E-state index contributed by atoms with van der Waals surface area (Å²) in [5.41, 5.74) is 2.53. The number of hydrogen-bond acceptors (Lipinski definition) is 7. The molecular weight excluding hydrogens is 348 g/mol. The molecule has 1 unspecified atom stereocenters. The molecule has 1 aliphatic rings. The zero-order chi connectivity index (χ0) is 13.8. The SMILES string of the molecule is Cl.O=C(Nc1ccc(Sc2nncs2)cc1)C1CSCN1. The number of nitrogens with zero attached hydrogens (tertiary/aromatic N) is 2. The molecule has 0 saturated carbocycles. The lowest BCUT2D eigenvalue weighted by molar-refractivity contribution is -0.117. The minimum absolute atomic E-state index is 0. The highest BCUT2D eigenvalue weighted by atomic mass is 35.5. The molecule has 21 heavy (non-hydrogen) atoms. The van der Waals surface area contributed by atoms with Crippen molar-refractivity contribution in [1.82, 2.24) is 15.5 Å². The van der Waals surface area contributed by atoms with Crippen LogP contribution in [0.1, 0.15) is 0 Å². The van der Waals surface area contributed by atoms with Crippen LogP contribution in [0.3, 0.4) is 0 Å². The molecule has 1 atom stereocenters. The van der Waals surface area contributed by atoms with Gasteiger partial charge in [0.25, 0.3) is 0 Å². The zero-order valence-corrected chi connectivity index (χ0v) is 14.1. The van der Waals surface area contributed by atoms with Crippen molar-refractivity contribution < 1.29 is 4.79 Å². The van der Waals surface area contributed by atoms with E-state index in [0.717, 1.165) is 26.6 Å². The summed E-state index contributed by atoms with van der Waals surface area (Å²) in [7, 11) is 0. The molecule has 1 aromatic carbocycles. The topological polar surface area (TPSA) is 66.9 Å². The van der Waals surface area contributed by atoms with E-state index in [1.807, 2.05) is 24.3 Å². The first-order valence-corrected chi connectivity index (χ1v) is 8.82. The molecule has 2 aromatic rings. The van der Waals surface area contributed by atoms with Crippen molar-refractivity contribution >= 4 is 58.9 Å². The fourth-order valence-corrected chi connectivity index (χ4v) is 4.10. The molecule has 0 aliphatic carbocycles. The molecule has 1 saturated heterocycles. The second-order valence-electron chi connectivity index (χ2n) is 4.09. The Hall–Kier alpha value is -0.800. The second-order valence-corrected chi connectivity index (χ2v) is 7.28. The van der Waals surface area contributed by atoms with Crippen LogP contribution in [0.2, 0.25) is 0 Å². The van der Waals surface area contributed by atoms with Crippen LogP contribution < -0.4 is 10.6 Å². The number of hydrogen-bond donors (Lipinski definition) is 2. The maximum absolute atomic E-state index is 11.9. The largest absolute Gasteiger partial charge is 0.325 e. The van der Waals surface area contributed by atoms with Gasteiger partial charge in [0.05, 0.1) is 6.04 Å². The fraction of sp³-hybridized carbons (Fsp3) is 0.250. The van der Waals surface area contributed by atoms with Crippen molar-refractivity contribution in [1.29, 1.82) is 0 Å². The third-order valence-electron chi connectivity index (χ3n) is 2.70. The number of amides is 1. The van der Waals surface area contributed by atoms with Crippen LogP contribution in [0.15, 0.2) is 39.0 Å². The average Bonchev–Trinajstić information content (AvgIpc) is 3.13. The maximum atomic E-state index is 11.9. The Morgan fingerprint density at radius 2 is 2.19 bits per heavy atom. The van der Waals surface area contributed by atoms with Gasteiger partial charge in [-0.2, -0.15) is 0 Å². The van der Waals surface area contributed by atoms with E-state index in [4.69, 9.17) is 0 Å². The number of aromatic nitrogens is 2. The highest BCUT2D eigenvalue weighted by Crippen LogP contribution is 2.29. The standard InChI is InChI=1S/C12H12N4OS3.ClH/c17-11(10-5-18-6-13-10)15-8-1-3-9(4-2-8)20-12-16-14-7-19-12;/h1-4,7,10,13H,5-6H2,(H,15,17);1H. The molecule has 112 valence electrons. The van der Waals surface area contributed by atoms with E-state index in [0.29, 0.717) is 0 Å². The van der Waals surface area contributed by atoms with Crippen molar-refractivity contribution in [3.63, 3.8) is 0 Å². The predicted octanol–water partition coefficient (Wildman–Crippen LogP) is 2.71. The summed E-state index contributed by atoms with van der Waals surface area (Å²) in [6, 6.07) is 7.67. The third kappa shape index (κ3) is 4.58. The molecule has 2 heterocycles. The number of carbonyl (C=O) groups excluding carboxylic acids is 1. The molecule has 5 nitrogen and oxygen atoms in total. The van der Waals surface area contributed by atoms with E-state index in [1.54, 1.807) is 29.0 Å².